The van der Waals surface area contributed by atoms with Crippen LogP contribution in [0.5, 0.6) is 5.75 Å². The lowest BCUT2D eigenvalue weighted by Gasteiger charge is -2.16. The van der Waals surface area contributed by atoms with E-state index < -0.39 is 0 Å². The molecule has 0 aliphatic rings. The van der Waals surface area contributed by atoms with Crippen LogP contribution in [0.1, 0.15) is 23.6 Å². The molecule has 0 radical (unpaired) electrons. The molecule has 29 heavy (non-hydrogen) atoms. The molecule has 1 heterocycles. The molecule has 3 aromatic rings. The smallest absolute Gasteiger partial charge is 0.191 e. The van der Waals surface area contributed by atoms with Gasteiger partial charge in [-0.05, 0) is 43.2 Å². The molecular formula is C22H28IN5O. The molecule has 0 saturated heterocycles. The molecule has 154 valence electrons. The van der Waals surface area contributed by atoms with Crippen LogP contribution in [0, 0.1) is 6.92 Å². The van der Waals surface area contributed by atoms with Gasteiger partial charge in [-0.2, -0.15) is 5.10 Å². The molecule has 7 heteroatoms. The van der Waals surface area contributed by atoms with E-state index in [1.807, 2.05) is 36.0 Å². The van der Waals surface area contributed by atoms with E-state index in [-0.39, 0.29) is 24.0 Å². The Morgan fingerprint density at radius 2 is 1.83 bits per heavy atom. The number of guanidine groups is 1. The molecule has 2 N–H and O–H groups in total. The van der Waals surface area contributed by atoms with Crippen LogP contribution < -0.4 is 15.4 Å². The average Bonchev–Trinajstić information content (AvgIpc) is 3.24. The van der Waals surface area contributed by atoms with Gasteiger partial charge in [-0.15, -0.1) is 24.0 Å². The predicted molar refractivity (Wildman–Crippen MR) is 128 cm³/mol. The standard InChI is InChI=1S/C22H27N5O.HI/c1-4-28-21-14-17(2)10-11-19(21)16-25-22(23-3)24-15-18-8-5-6-9-20(18)27-13-7-12-26-27;/h5-14H,4,15-16H2,1-3H3,(H2,23,24,25);1H. The fourth-order valence-corrected chi connectivity index (χ4v) is 2.97. The first-order valence-electron chi connectivity index (χ1n) is 9.46. The van der Waals surface area contributed by atoms with E-state index in [1.54, 1.807) is 13.2 Å². The van der Waals surface area contributed by atoms with Crippen LogP contribution in [0.25, 0.3) is 5.69 Å². The zero-order chi connectivity index (χ0) is 19.8. The largest absolute Gasteiger partial charge is 0.494 e. The van der Waals surface area contributed by atoms with Gasteiger partial charge in [0.2, 0.25) is 0 Å². The molecule has 0 saturated carbocycles. The highest BCUT2D eigenvalue weighted by Gasteiger charge is 2.07. The van der Waals surface area contributed by atoms with Crippen molar-refractivity contribution in [3.05, 3.63) is 77.6 Å². The van der Waals surface area contributed by atoms with Crippen LogP contribution in [0.2, 0.25) is 0 Å². The second kappa shape index (κ2) is 11.5. The van der Waals surface area contributed by atoms with Crippen molar-refractivity contribution in [3.63, 3.8) is 0 Å². The minimum absolute atomic E-state index is 0. The third-order valence-electron chi connectivity index (χ3n) is 4.38. The van der Waals surface area contributed by atoms with Gasteiger partial charge in [0.25, 0.3) is 0 Å². The predicted octanol–water partition coefficient (Wildman–Crippen LogP) is 4.06. The molecule has 0 bridgehead atoms. The fourth-order valence-electron chi connectivity index (χ4n) is 2.97. The number of nitrogens with zero attached hydrogens (tertiary/aromatic N) is 3. The van der Waals surface area contributed by atoms with E-state index in [0.29, 0.717) is 19.7 Å². The maximum Gasteiger partial charge on any atom is 0.191 e. The van der Waals surface area contributed by atoms with Gasteiger partial charge in [-0.1, -0.05) is 30.3 Å². The Hall–Kier alpha value is -2.55. The third-order valence-corrected chi connectivity index (χ3v) is 4.38. The summed E-state index contributed by atoms with van der Waals surface area (Å²) < 4.78 is 7.63. The Balaban J connectivity index is 0.00000300. The van der Waals surface area contributed by atoms with E-state index in [1.165, 1.54) is 5.56 Å². The van der Waals surface area contributed by atoms with Crippen LogP contribution in [0.4, 0.5) is 0 Å². The lowest BCUT2D eigenvalue weighted by atomic mass is 10.1. The number of halogens is 1. The van der Waals surface area contributed by atoms with Crippen molar-refractivity contribution >= 4 is 29.9 Å². The number of aryl methyl sites for hydroxylation is 1. The summed E-state index contributed by atoms with van der Waals surface area (Å²) in [5.74, 6) is 1.65. The number of aliphatic imine (C=N–C) groups is 1. The van der Waals surface area contributed by atoms with Crippen molar-refractivity contribution in [3.8, 4) is 11.4 Å². The number of hydrogen-bond acceptors (Lipinski definition) is 3. The number of nitrogens with one attached hydrogen (secondary N) is 2. The van der Waals surface area contributed by atoms with Gasteiger partial charge in [-0.3, -0.25) is 4.99 Å². The van der Waals surface area contributed by atoms with Crippen molar-refractivity contribution in [2.75, 3.05) is 13.7 Å². The fraction of sp³-hybridized carbons (Fsp3) is 0.273. The molecule has 1 aromatic heterocycles. The van der Waals surface area contributed by atoms with Gasteiger partial charge in [0.05, 0.1) is 12.3 Å². The SMILES string of the molecule is CCOc1cc(C)ccc1CNC(=NC)NCc1ccccc1-n1cccn1.I. The maximum atomic E-state index is 5.76. The highest BCUT2D eigenvalue weighted by molar-refractivity contribution is 14.0. The van der Waals surface area contributed by atoms with E-state index in [0.717, 1.165) is 28.5 Å². The minimum Gasteiger partial charge on any atom is -0.494 e. The Bertz CT molecular complexity index is 925. The normalized spacial score (nSPS) is 10.9. The molecule has 0 unspecified atom stereocenters. The third kappa shape index (κ3) is 6.22. The van der Waals surface area contributed by atoms with Gasteiger partial charge >= 0.3 is 0 Å². The molecule has 6 nitrogen and oxygen atoms in total. The van der Waals surface area contributed by atoms with Gasteiger partial charge in [0, 0.05) is 38.1 Å². The monoisotopic (exact) mass is 505 g/mol. The van der Waals surface area contributed by atoms with Crippen molar-refractivity contribution in [1.82, 2.24) is 20.4 Å². The summed E-state index contributed by atoms with van der Waals surface area (Å²) in [6.45, 7) is 5.99. The Labute approximate surface area is 189 Å². The van der Waals surface area contributed by atoms with Gasteiger partial charge in [0.1, 0.15) is 5.75 Å². The van der Waals surface area contributed by atoms with Gasteiger partial charge in [0.15, 0.2) is 5.96 Å². The second-order valence-corrected chi connectivity index (χ2v) is 6.40. The summed E-state index contributed by atoms with van der Waals surface area (Å²) in [5.41, 5.74) is 4.48. The zero-order valence-corrected chi connectivity index (χ0v) is 19.4. The van der Waals surface area contributed by atoms with E-state index in [2.05, 4.69) is 58.0 Å². The van der Waals surface area contributed by atoms with Crippen LogP contribution in [-0.2, 0) is 13.1 Å². The summed E-state index contributed by atoms with van der Waals surface area (Å²) >= 11 is 0. The number of rotatable bonds is 7. The number of ether oxygens (including phenoxy) is 1. The van der Waals surface area contributed by atoms with E-state index in [9.17, 15) is 0 Å². The first-order valence-corrected chi connectivity index (χ1v) is 9.46. The highest BCUT2D eigenvalue weighted by Crippen LogP contribution is 2.20. The van der Waals surface area contributed by atoms with Crippen LogP contribution >= 0.6 is 24.0 Å². The summed E-state index contributed by atoms with van der Waals surface area (Å²) in [4.78, 5) is 4.33. The minimum atomic E-state index is 0. The molecule has 0 aliphatic heterocycles. The summed E-state index contributed by atoms with van der Waals surface area (Å²) in [7, 11) is 1.77. The van der Waals surface area contributed by atoms with Crippen molar-refractivity contribution in [2.45, 2.75) is 26.9 Å². The van der Waals surface area contributed by atoms with Gasteiger partial charge in [-0.25, -0.2) is 4.68 Å². The lowest BCUT2D eigenvalue weighted by Crippen LogP contribution is -2.36. The highest BCUT2D eigenvalue weighted by atomic mass is 127. The van der Waals surface area contributed by atoms with Crippen molar-refractivity contribution < 1.29 is 4.74 Å². The lowest BCUT2D eigenvalue weighted by molar-refractivity contribution is 0.336. The average molecular weight is 505 g/mol. The Morgan fingerprint density at radius 3 is 2.52 bits per heavy atom. The molecule has 0 atom stereocenters. The Morgan fingerprint density at radius 1 is 1.07 bits per heavy atom. The van der Waals surface area contributed by atoms with E-state index >= 15 is 0 Å². The summed E-state index contributed by atoms with van der Waals surface area (Å²) in [6.07, 6.45) is 3.72. The number of hydrogen-bond donors (Lipinski definition) is 2. The quantitative estimate of drug-likeness (QED) is 0.289. The zero-order valence-electron chi connectivity index (χ0n) is 17.1. The molecule has 3 rings (SSSR count). The van der Waals surface area contributed by atoms with E-state index in [4.69, 9.17) is 4.74 Å². The van der Waals surface area contributed by atoms with Crippen LogP contribution in [0.15, 0.2) is 65.9 Å². The number of para-hydroxylation sites is 1. The first-order chi connectivity index (χ1) is 13.7. The first kappa shape index (κ1) is 22.7. The van der Waals surface area contributed by atoms with Gasteiger partial charge < -0.3 is 15.4 Å². The molecule has 0 fully saturated rings. The molecule has 0 spiro atoms. The molecule has 0 aliphatic carbocycles. The summed E-state index contributed by atoms with van der Waals surface area (Å²) in [5, 5.41) is 11.1. The Kier molecular flexibility index (Phi) is 8.98. The molecule has 2 aromatic carbocycles. The summed E-state index contributed by atoms with van der Waals surface area (Å²) in [6, 6.07) is 16.4. The molecule has 0 amide bonds. The maximum absolute atomic E-state index is 5.76. The van der Waals surface area contributed by atoms with Crippen molar-refractivity contribution in [1.29, 1.82) is 0 Å². The van der Waals surface area contributed by atoms with Crippen molar-refractivity contribution in [2.24, 2.45) is 4.99 Å². The van der Waals surface area contributed by atoms with Crippen LogP contribution in [-0.4, -0.2) is 29.4 Å². The number of aromatic nitrogens is 2. The molecular weight excluding hydrogens is 477 g/mol. The van der Waals surface area contributed by atoms with Crippen LogP contribution in [0.3, 0.4) is 0 Å². The number of benzene rings is 2. The second-order valence-electron chi connectivity index (χ2n) is 6.40. The topological polar surface area (TPSA) is 63.5 Å².